The summed E-state index contributed by atoms with van der Waals surface area (Å²) in [6.45, 7) is 0. The number of benzene rings is 2. The number of methoxy groups -OCH3 is 3. The fourth-order valence-corrected chi connectivity index (χ4v) is 2.07. The zero-order chi connectivity index (χ0) is 16.8. The maximum atomic E-state index is 12.4. The van der Waals surface area contributed by atoms with E-state index in [9.17, 15) is 4.79 Å². The Morgan fingerprint density at radius 3 is 2.00 bits per heavy atom. The van der Waals surface area contributed by atoms with Gasteiger partial charge in [0, 0.05) is 16.8 Å². The number of hydrogen-bond donors (Lipinski definition) is 1. The van der Waals surface area contributed by atoms with Crippen LogP contribution in [0.1, 0.15) is 15.9 Å². The van der Waals surface area contributed by atoms with Crippen molar-refractivity contribution in [1.82, 2.24) is 0 Å². The van der Waals surface area contributed by atoms with Crippen molar-refractivity contribution in [3.63, 3.8) is 0 Å². The van der Waals surface area contributed by atoms with Crippen LogP contribution in [0.25, 0.3) is 0 Å². The molecule has 0 aliphatic heterocycles. The topological polar surface area (TPSA) is 56.8 Å². The minimum absolute atomic E-state index is 0.294. The van der Waals surface area contributed by atoms with Crippen molar-refractivity contribution < 1.29 is 19.0 Å². The summed E-state index contributed by atoms with van der Waals surface area (Å²) in [4.78, 5) is 12.4. The van der Waals surface area contributed by atoms with Crippen LogP contribution in [0, 0.1) is 12.3 Å². The number of amides is 1. The highest BCUT2D eigenvalue weighted by molar-refractivity contribution is 6.05. The van der Waals surface area contributed by atoms with Crippen LogP contribution in [0.3, 0.4) is 0 Å². The summed E-state index contributed by atoms with van der Waals surface area (Å²) < 4.78 is 15.7. The lowest BCUT2D eigenvalue weighted by Gasteiger charge is -2.14. The molecule has 0 saturated heterocycles. The van der Waals surface area contributed by atoms with Gasteiger partial charge in [-0.05, 0) is 36.4 Å². The normalized spacial score (nSPS) is 9.65. The zero-order valence-electron chi connectivity index (χ0n) is 13.2. The molecule has 2 aromatic rings. The highest BCUT2D eigenvalue weighted by Crippen LogP contribution is 2.38. The SMILES string of the molecule is C#Cc1ccc(NC(=O)c2cc(OC)c(OC)c(OC)c2)cc1. The standard InChI is InChI=1S/C18H17NO4/c1-5-12-6-8-14(9-7-12)19-18(20)13-10-15(21-2)17(23-4)16(11-13)22-3/h1,6-11H,2-4H3,(H,19,20). The van der Waals surface area contributed by atoms with Gasteiger partial charge in [0.2, 0.25) is 5.75 Å². The molecule has 1 N–H and O–H groups in total. The van der Waals surface area contributed by atoms with Gasteiger partial charge in [-0.3, -0.25) is 4.79 Å². The molecule has 0 aliphatic rings. The predicted molar refractivity (Wildman–Crippen MR) is 88.4 cm³/mol. The first-order chi connectivity index (χ1) is 11.1. The van der Waals surface area contributed by atoms with Crippen LogP contribution in [-0.4, -0.2) is 27.2 Å². The summed E-state index contributed by atoms with van der Waals surface area (Å²) in [5.74, 6) is 3.50. The second-order valence-electron chi connectivity index (χ2n) is 4.59. The van der Waals surface area contributed by atoms with E-state index in [2.05, 4.69) is 11.2 Å². The van der Waals surface area contributed by atoms with Gasteiger partial charge in [0.15, 0.2) is 11.5 Å². The first-order valence-electron chi connectivity index (χ1n) is 6.81. The Labute approximate surface area is 135 Å². The number of rotatable bonds is 5. The van der Waals surface area contributed by atoms with Crippen molar-refractivity contribution in [2.24, 2.45) is 0 Å². The number of nitrogens with one attached hydrogen (secondary N) is 1. The Morgan fingerprint density at radius 2 is 1.57 bits per heavy atom. The number of carbonyl (C=O) groups is 1. The molecule has 0 aromatic heterocycles. The summed E-state index contributed by atoms with van der Waals surface area (Å²) in [5.41, 5.74) is 1.78. The van der Waals surface area contributed by atoms with Crippen LogP contribution < -0.4 is 19.5 Å². The number of carbonyl (C=O) groups excluding carboxylic acids is 1. The fraction of sp³-hybridized carbons (Fsp3) is 0.167. The van der Waals surface area contributed by atoms with E-state index in [0.29, 0.717) is 28.5 Å². The molecule has 1 amide bonds. The van der Waals surface area contributed by atoms with E-state index < -0.39 is 0 Å². The number of anilines is 1. The van der Waals surface area contributed by atoms with Crippen LogP contribution in [0.4, 0.5) is 5.69 Å². The number of ether oxygens (including phenoxy) is 3. The van der Waals surface area contributed by atoms with Gasteiger partial charge in [0.05, 0.1) is 21.3 Å². The number of terminal acetylenes is 1. The summed E-state index contributed by atoms with van der Waals surface area (Å²) in [7, 11) is 4.50. The van der Waals surface area contributed by atoms with Gasteiger partial charge >= 0.3 is 0 Å². The Bertz CT molecular complexity index is 720. The molecule has 5 heteroatoms. The van der Waals surface area contributed by atoms with Gasteiger partial charge in [-0.15, -0.1) is 6.42 Å². The second kappa shape index (κ2) is 7.23. The molecule has 0 bridgehead atoms. The molecule has 23 heavy (non-hydrogen) atoms. The van der Waals surface area contributed by atoms with Gasteiger partial charge in [-0.2, -0.15) is 0 Å². The quantitative estimate of drug-likeness (QED) is 0.863. The van der Waals surface area contributed by atoms with E-state index in [1.807, 2.05) is 0 Å². The van der Waals surface area contributed by atoms with Crippen molar-refractivity contribution in [3.8, 4) is 29.6 Å². The minimum Gasteiger partial charge on any atom is -0.493 e. The lowest BCUT2D eigenvalue weighted by molar-refractivity contribution is 0.102. The van der Waals surface area contributed by atoms with E-state index in [1.165, 1.54) is 21.3 Å². The molecule has 0 heterocycles. The third-order valence-electron chi connectivity index (χ3n) is 3.24. The molecular weight excluding hydrogens is 294 g/mol. The highest BCUT2D eigenvalue weighted by Gasteiger charge is 2.17. The monoisotopic (exact) mass is 311 g/mol. The van der Waals surface area contributed by atoms with Crippen molar-refractivity contribution in [2.45, 2.75) is 0 Å². The molecule has 0 saturated carbocycles. The van der Waals surface area contributed by atoms with Crippen LogP contribution in [-0.2, 0) is 0 Å². The predicted octanol–water partition coefficient (Wildman–Crippen LogP) is 2.95. The number of hydrogen-bond acceptors (Lipinski definition) is 4. The lowest BCUT2D eigenvalue weighted by Crippen LogP contribution is -2.12. The Hall–Kier alpha value is -3.13. The molecule has 118 valence electrons. The minimum atomic E-state index is -0.294. The second-order valence-corrected chi connectivity index (χ2v) is 4.59. The molecule has 0 atom stereocenters. The molecular formula is C18H17NO4. The maximum absolute atomic E-state index is 12.4. The van der Waals surface area contributed by atoms with E-state index >= 15 is 0 Å². The summed E-state index contributed by atoms with van der Waals surface area (Å²) in [6.07, 6.45) is 5.31. The molecule has 0 fully saturated rings. The van der Waals surface area contributed by atoms with Crippen molar-refractivity contribution in [2.75, 3.05) is 26.6 Å². The summed E-state index contributed by atoms with van der Waals surface area (Å²) >= 11 is 0. The van der Waals surface area contributed by atoms with E-state index in [4.69, 9.17) is 20.6 Å². The van der Waals surface area contributed by atoms with Gasteiger partial charge in [0.25, 0.3) is 5.91 Å². The van der Waals surface area contributed by atoms with Crippen molar-refractivity contribution >= 4 is 11.6 Å². The summed E-state index contributed by atoms with van der Waals surface area (Å²) in [5, 5.41) is 2.79. The van der Waals surface area contributed by atoms with E-state index in [-0.39, 0.29) is 5.91 Å². The molecule has 2 aromatic carbocycles. The summed E-state index contributed by atoms with van der Waals surface area (Å²) in [6, 6.07) is 10.2. The molecule has 0 unspecified atom stereocenters. The lowest BCUT2D eigenvalue weighted by atomic mass is 10.1. The van der Waals surface area contributed by atoms with Crippen LogP contribution in [0.2, 0.25) is 0 Å². The average molecular weight is 311 g/mol. The van der Waals surface area contributed by atoms with Crippen molar-refractivity contribution in [3.05, 3.63) is 47.5 Å². The zero-order valence-corrected chi connectivity index (χ0v) is 13.2. The van der Waals surface area contributed by atoms with Crippen LogP contribution >= 0.6 is 0 Å². The Kier molecular flexibility index (Phi) is 5.11. The van der Waals surface area contributed by atoms with Gasteiger partial charge < -0.3 is 19.5 Å². The maximum Gasteiger partial charge on any atom is 0.255 e. The average Bonchev–Trinajstić information content (AvgIpc) is 2.60. The van der Waals surface area contributed by atoms with E-state index in [1.54, 1.807) is 36.4 Å². The molecule has 0 radical (unpaired) electrons. The third-order valence-corrected chi connectivity index (χ3v) is 3.24. The highest BCUT2D eigenvalue weighted by atomic mass is 16.5. The Morgan fingerprint density at radius 1 is 1.00 bits per heavy atom. The molecule has 0 aliphatic carbocycles. The largest absolute Gasteiger partial charge is 0.493 e. The molecule has 2 rings (SSSR count). The molecule has 5 nitrogen and oxygen atoms in total. The van der Waals surface area contributed by atoms with Gasteiger partial charge in [-0.25, -0.2) is 0 Å². The van der Waals surface area contributed by atoms with E-state index in [0.717, 1.165) is 5.56 Å². The van der Waals surface area contributed by atoms with Gasteiger partial charge in [0.1, 0.15) is 0 Å². The molecule has 0 spiro atoms. The van der Waals surface area contributed by atoms with Crippen LogP contribution in [0.15, 0.2) is 36.4 Å². The van der Waals surface area contributed by atoms with Crippen molar-refractivity contribution in [1.29, 1.82) is 0 Å². The first-order valence-corrected chi connectivity index (χ1v) is 6.81. The third kappa shape index (κ3) is 3.55. The smallest absolute Gasteiger partial charge is 0.255 e. The van der Waals surface area contributed by atoms with Crippen LogP contribution in [0.5, 0.6) is 17.2 Å². The Balaban J connectivity index is 2.29. The first kappa shape index (κ1) is 16.2. The van der Waals surface area contributed by atoms with Gasteiger partial charge in [-0.1, -0.05) is 5.92 Å². The fourth-order valence-electron chi connectivity index (χ4n) is 2.07.